The van der Waals surface area contributed by atoms with Gasteiger partial charge in [0.15, 0.2) is 0 Å². The Balaban J connectivity index is 0.000000349. The average molecular weight is 363 g/mol. The molecule has 3 nitrogen and oxygen atoms in total. The molecule has 0 aromatic carbocycles. The van der Waals surface area contributed by atoms with Crippen molar-refractivity contribution in [2.75, 3.05) is 0 Å². The number of hydrogen-bond acceptors (Lipinski definition) is 2. The quantitative estimate of drug-likeness (QED) is 0.649. The van der Waals surface area contributed by atoms with Crippen molar-refractivity contribution in [2.24, 2.45) is 40.4 Å². The average Bonchev–Trinajstić information content (AvgIpc) is 2.98. The Morgan fingerprint density at radius 3 is 2.46 bits per heavy atom. The highest BCUT2D eigenvalue weighted by molar-refractivity contribution is 5.82. The topological polar surface area (TPSA) is 54.4 Å². The van der Waals surface area contributed by atoms with Gasteiger partial charge in [-0.25, -0.2) is 0 Å². The van der Waals surface area contributed by atoms with Gasteiger partial charge >= 0.3 is 5.97 Å². The summed E-state index contributed by atoms with van der Waals surface area (Å²) in [7, 11) is 0. The van der Waals surface area contributed by atoms with Crippen molar-refractivity contribution in [1.82, 2.24) is 0 Å². The lowest BCUT2D eigenvalue weighted by atomic mass is 9.44. The van der Waals surface area contributed by atoms with E-state index in [1.807, 2.05) is 0 Å². The van der Waals surface area contributed by atoms with Crippen LogP contribution >= 0.6 is 0 Å². The molecule has 4 aliphatic carbocycles. The predicted molar refractivity (Wildman–Crippen MR) is 104 cm³/mol. The first-order chi connectivity index (χ1) is 12.2. The molecule has 0 aromatic heterocycles. The number of fused-ring (bicyclic) bond motifs is 5. The van der Waals surface area contributed by atoms with Gasteiger partial charge in [0.1, 0.15) is 5.78 Å². The normalized spacial score (nSPS) is 47.1. The van der Waals surface area contributed by atoms with Gasteiger partial charge in [-0.05, 0) is 79.4 Å². The SMILES string of the molecule is CCC(=O)O.C[C@@H]1C[C@@]2(C)[C@@H](CC[C@H]3[C@@H]4CCC[C@@]4(C)CC[C@@H]32)CC1=O. The third-order valence-electron chi connectivity index (χ3n) is 8.89. The molecule has 3 heteroatoms. The summed E-state index contributed by atoms with van der Waals surface area (Å²) in [6, 6.07) is 0. The third kappa shape index (κ3) is 3.36. The Labute approximate surface area is 159 Å². The molecule has 0 heterocycles. The maximum atomic E-state index is 12.2. The summed E-state index contributed by atoms with van der Waals surface area (Å²) in [5.41, 5.74) is 1.14. The van der Waals surface area contributed by atoms with E-state index in [-0.39, 0.29) is 6.42 Å². The standard InChI is InChI=1S/C20H32O.C3H6O2/c1-13-12-20(3)14(11-18(13)21)6-7-15-16-5-4-9-19(16,2)10-8-17(15)20;1-2-3(4)5/h13-17H,4-12H2,1-3H3;2H2,1H3,(H,4,5)/t13-,14+,15+,16+,17+,19+,20+;/m1./s1. The molecule has 0 unspecified atom stereocenters. The summed E-state index contributed by atoms with van der Waals surface area (Å²) in [6.07, 6.45) is 12.4. The summed E-state index contributed by atoms with van der Waals surface area (Å²) in [5.74, 6) is 3.73. The van der Waals surface area contributed by atoms with Crippen LogP contribution in [-0.4, -0.2) is 16.9 Å². The molecule has 0 aromatic rings. The Bertz CT molecular complexity index is 556. The minimum atomic E-state index is -0.745. The fourth-order valence-electron chi connectivity index (χ4n) is 7.40. The van der Waals surface area contributed by atoms with Gasteiger partial charge in [-0.15, -0.1) is 0 Å². The maximum absolute atomic E-state index is 12.2. The van der Waals surface area contributed by atoms with Gasteiger partial charge in [-0.2, -0.15) is 0 Å². The molecule has 0 spiro atoms. The number of carboxylic acids is 1. The van der Waals surface area contributed by atoms with Crippen LogP contribution in [0.2, 0.25) is 0 Å². The van der Waals surface area contributed by atoms with Gasteiger partial charge in [0.25, 0.3) is 0 Å². The van der Waals surface area contributed by atoms with E-state index in [0.29, 0.717) is 28.4 Å². The van der Waals surface area contributed by atoms with E-state index >= 15 is 0 Å². The van der Waals surface area contributed by atoms with Crippen LogP contribution in [0.4, 0.5) is 0 Å². The molecule has 0 saturated heterocycles. The first kappa shape index (κ1) is 19.9. The van der Waals surface area contributed by atoms with E-state index in [1.165, 1.54) is 51.4 Å². The molecule has 7 atom stereocenters. The first-order valence-corrected chi connectivity index (χ1v) is 11.0. The molecule has 0 bridgehead atoms. The predicted octanol–water partition coefficient (Wildman–Crippen LogP) is 5.72. The monoisotopic (exact) mass is 362 g/mol. The van der Waals surface area contributed by atoms with Crippen molar-refractivity contribution in [3.63, 3.8) is 0 Å². The minimum Gasteiger partial charge on any atom is -0.481 e. The van der Waals surface area contributed by atoms with Crippen molar-refractivity contribution in [3.05, 3.63) is 0 Å². The molecule has 4 fully saturated rings. The second-order valence-electron chi connectivity index (χ2n) is 10.3. The molecule has 148 valence electrons. The van der Waals surface area contributed by atoms with E-state index in [1.54, 1.807) is 6.92 Å². The van der Waals surface area contributed by atoms with Crippen LogP contribution in [0.25, 0.3) is 0 Å². The van der Waals surface area contributed by atoms with Gasteiger partial charge in [-0.3, -0.25) is 9.59 Å². The van der Waals surface area contributed by atoms with E-state index in [2.05, 4.69) is 20.8 Å². The largest absolute Gasteiger partial charge is 0.481 e. The molecule has 4 aliphatic rings. The molecular formula is C23H38O3. The summed E-state index contributed by atoms with van der Waals surface area (Å²) in [6.45, 7) is 8.94. The Morgan fingerprint density at radius 2 is 1.81 bits per heavy atom. The Morgan fingerprint density at radius 1 is 1.12 bits per heavy atom. The fraction of sp³-hybridized carbons (Fsp3) is 0.913. The van der Waals surface area contributed by atoms with Crippen molar-refractivity contribution in [2.45, 2.75) is 91.9 Å². The molecule has 26 heavy (non-hydrogen) atoms. The van der Waals surface area contributed by atoms with Crippen molar-refractivity contribution >= 4 is 11.8 Å². The lowest BCUT2D eigenvalue weighted by Crippen LogP contribution is -2.54. The number of carboxylic acid groups (broad SMARTS) is 1. The van der Waals surface area contributed by atoms with Crippen molar-refractivity contribution in [1.29, 1.82) is 0 Å². The second kappa shape index (κ2) is 7.28. The smallest absolute Gasteiger partial charge is 0.303 e. The van der Waals surface area contributed by atoms with E-state index in [9.17, 15) is 9.59 Å². The van der Waals surface area contributed by atoms with Gasteiger partial charge in [0.2, 0.25) is 0 Å². The maximum Gasteiger partial charge on any atom is 0.303 e. The number of hydrogen-bond donors (Lipinski definition) is 1. The van der Waals surface area contributed by atoms with Crippen molar-refractivity contribution in [3.8, 4) is 0 Å². The number of ketones is 1. The summed E-state index contributed by atoms with van der Waals surface area (Å²) in [5, 5.41) is 7.72. The molecular weight excluding hydrogens is 324 g/mol. The van der Waals surface area contributed by atoms with Gasteiger partial charge < -0.3 is 5.11 Å². The third-order valence-corrected chi connectivity index (χ3v) is 8.89. The number of carbonyl (C=O) groups is 2. The van der Waals surface area contributed by atoms with Gasteiger partial charge in [0, 0.05) is 18.8 Å². The molecule has 1 N–H and O–H groups in total. The second-order valence-corrected chi connectivity index (χ2v) is 10.3. The zero-order valence-corrected chi connectivity index (χ0v) is 17.2. The van der Waals surface area contributed by atoms with Gasteiger partial charge in [-0.1, -0.05) is 34.1 Å². The van der Waals surface area contributed by atoms with Crippen LogP contribution in [0.1, 0.15) is 91.9 Å². The summed E-state index contributed by atoms with van der Waals surface area (Å²) < 4.78 is 0. The fourth-order valence-corrected chi connectivity index (χ4v) is 7.40. The Hall–Kier alpha value is -0.860. The zero-order chi connectivity index (χ0) is 19.1. The minimum absolute atomic E-state index is 0.222. The van der Waals surface area contributed by atoms with Crippen LogP contribution in [0.15, 0.2) is 0 Å². The van der Waals surface area contributed by atoms with Crippen LogP contribution in [-0.2, 0) is 9.59 Å². The molecule has 4 saturated carbocycles. The lowest BCUT2D eigenvalue weighted by molar-refractivity contribution is -0.144. The van der Waals surface area contributed by atoms with E-state index in [0.717, 1.165) is 24.2 Å². The lowest BCUT2D eigenvalue weighted by Gasteiger charge is -2.60. The molecule has 0 amide bonds. The highest BCUT2D eigenvalue weighted by Crippen LogP contribution is 2.66. The van der Waals surface area contributed by atoms with Crippen LogP contribution in [0, 0.1) is 40.4 Å². The van der Waals surface area contributed by atoms with Crippen LogP contribution in [0.5, 0.6) is 0 Å². The molecule has 0 aliphatic heterocycles. The van der Waals surface area contributed by atoms with Crippen molar-refractivity contribution < 1.29 is 14.7 Å². The summed E-state index contributed by atoms with van der Waals surface area (Å²) >= 11 is 0. The molecule has 0 radical (unpaired) electrons. The summed E-state index contributed by atoms with van der Waals surface area (Å²) in [4.78, 5) is 21.6. The number of Topliss-reactive ketones (excluding diaryl/α,β-unsaturated/α-hetero) is 1. The highest BCUT2D eigenvalue weighted by atomic mass is 16.4. The first-order valence-electron chi connectivity index (χ1n) is 11.0. The number of carbonyl (C=O) groups excluding carboxylic acids is 1. The zero-order valence-electron chi connectivity index (χ0n) is 17.2. The number of rotatable bonds is 1. The molecule has 4 rings (SSSR count). The van der Waals surface area contributed by atoms with Crippen LogP contribution < -0.4 is 0 Å². The van der Waals surface area contributed by atoms with Crippen LogP contribution in [0.3, 0.4) is 0 Å². The Kier molecular flexibility index (Phi) is 5.57. The van der Waals surface area contributed by atoms with E-state index in [4.69, 9.17) is 5.11 Å². The van der Waals surface area contributed by atoms with Gasteiger partial charge in [0.05, 0.1) is 0 Å². The number of aliphatic carboxylic acids is 1. The highest BCUT2D eigenvalue weighted by Gasteiger charge is 2.58. The van der Waals surface area contributed by atoms with E-state index < -0.39 is 5.97 Å².